The number of nitro groups is 1. The van der Waals surface area contributed by atoms with E-state index >= 15 is 0 Å². The van der Waals surface area contributed by atoms with Crippen molar-refractivity contribution in [2.75, 3.05) is 0 Å². The zero-order valence-corrected chi connectivity index (χ0v) is 12.4. The molecule has 0 aliphatic heterocycles. The molecule has 0 heterocycles. The van der Waals surface area contributed by atoms with E-state index in [2.05, 4.69) is 5.32 Å². The Balaban J connectivity index is 1.94. The van der Waals surface area contributed by atoms with Gasteiger partial charge in [-0.05, 0) is 23.3 Å². The number of nitrogens with zero attached hydrogens (tertiary/aromatic N) is 1. The van der Waals surface area contributed by atoms with Crippen LogP contribution in [0.4, 0.5) is 10.5 Å². The van der Waals surface area contributed by atoms with Gasteiger partial charge in [-0.15, -0.1) is 0 Å². The molecule has 2 aromatic rings. The van der Waals surface area contributed by atoms with Crippen molar-refractivity contribution in [3.63, 3.8) is 0 Å². The van der Waals surface area contributed by atoms with Gasteiger partial charge in [0.05, 0.1) is 4.92 Å². The molecule has 0 fully saturated rings. The quantitative estimate of drug-likeness (QED) is 0.621. The van der Waals surface area contributed by atoms with Gasteiger partial charge in [0.2, 0.25) is 0 Å². The second-order valence-electron chi connectivity index (χ2n) is 4.83. The van der Waals surface area contributed by atoms with Gasteiger partial charge in [0.15, 0.2) is 6.04 Å². The fourth-order valence-corrected chi connectivity index (χ4v) is 1.96. The lowest BCUT2D eigenvalue weighted by Gasteiger charge is -2.14. The molecule has 1 amide bonds. The number of rotatable bonds is 6. The van der Waals surface area contributed by atoms with E-state index in [-0.39, 0.29) is 12.3 Å². The topological polar surface area (TPSA) is 119 Å². The molecule has 0 radical (unpaired) electrons. The van der Waals surface area contributed by atoms with Crippen molar-refractivity contribution in [1.29, 1.82) is 0 Å². The molecule has 8 nitrogen and oxygen atoms in total. The monoisotopic (exact) mass is 330 g/mol. The van der Waals surface area contributed by atoms with Crippen molar-refractivity contribution in [1.82, 2.24) is 5.32 Å². The normalized spacial score (nSPS) is 11.3. The Morgan fingerprint density at radius 3 is 2.29 bits per heavy atom. The highest BCUT2D eigenvalue weighted by Gasteiger charge is 2.22. The molecule has 0 aromatic heterocycles. The van der Waals surface area contributed by atoms with E-state index in [9.17, 15) is 24.8 Å². The number of carboxylic acid groups (broad SMARTS) is 1. The lowest BCUT2D eigenvalue weighted by Crippen LogP contribution is -2.34. The Bertz CT molecular complexity index is 730. The highest BCUT2D eigenvalue weighted by atomic mass is 16.6. The predicted molar refractivity (Wildman–Crippen MR) is 83.2 cm³/mol. The van der Waals surface area contributed by atoms with Gasteiger partial charge in [0, 0.05) is 12.1 Å². The molecule has 0 bridgehead atoms. The van der Waals surface area contributed by atoms with Crippen LogP contribution in [0.3, 0.4) is 0 Å². The van der Waals surface area contributed by atoms with Crippen LogP contribution in [0.2, 0.25) is 0 Å². The van der Waals surface area contributed by atoms with Crippen molar-refractivity contribution < 1.29 is 24.4 Å². The fourth-order valence-electron chi connectivity index (χ4n) is 1.96. The number of hydrogen-bond donors (Lipinski definition) is 2. The minimum absolute atomic E-state index is 0.0711. The van der Waals surface area contributed by atoms with E-state index in [1.807, 2.05) is 0 Å². The number of aliphatic carboxylic acids is 1. The molecule has 124 valence electrons. The Morgan fingerprint density at radius 1 is 1.12 bits per heavy atom. The summed E-state index contributed by atoms with van der Waals surface area (Å²) >= 11 is 0. The molecule has 2 N–H and O–H groups in total. The molecule has 0 saturated carbocycles. The number of nitrogens with one attached hydrogen (secondary N) is 1. The van der Waals surface area contributed by atoms with E-state index in [0.29, 0.717) is 11.1 Å². The van der Waals surface area contributed by atoms with Gasteiger partial charge in [0.1, 0.15) is 6.61 Å². The molecule has 0 spiro atoms. The summed E-state index contributed by atoms with van der Waals surface area (Å²) < 4.78 is 4.95. The van der Waals surface area contributed by atoms with Crippen LogP contribution in [0, 0.1) is 10.1 Å². The minimum atomic E-state index is -1.23. The highest BCUT2D eigenvalue weighted by Crippen LogP contribution is 2.14. The number of carboxylic acids is 1. The average molecular weight is 330 g/mol. The molecule has 0 aliphatic rings. The minimum Gasteiger partial charge on any atom is -0.479 e. The second-order valence-corrected chi connectivity index (χ2v) is 4.83. The first kappa shape index (κ1) is 16.9. The van der Waals surface area contributed by atoms with E-state index in [4.69, 9.17) is 4.74 Å². The third-order valence-corrected chi connectivity index (χ3v) is 3.16. The zero-order chi connectivity index (χ0) is 17.5. The maximum atomic E-state index is 11.8. The van der Waals surface area contributed by atoms with E-state index in [1.165, 1.54) is 24.3 Å². The van der Waals surface area contributed by atoms with Crippen LogP contribution >= 0.6 is 0 Å². The van der Waals surface area contributed by atoms with Crippen molar-refractivity contribution in [2.24, 2.45) is 0 Å². The summed E-state index contributed by atoms with van der Waals surface area (Å²) in [7, 11) is 0. The molecule has 24 heavy (non-hydrogen) atoms. The lowest BCUT2D eigenvalue weighted by atomic mass is 10.1. The predicted octanol–water partition coefficient (Wildman–Crippen LogP) is 2.65. The first-order valence-electron chi connectivity index (χ1n) is 6.92. The third kappa shape index (κ3) is 4.54. The molecule has 1 atom stereocenters. The molecule has 0 unspecified atom stereocenters. The maximum Gasteiger partial charge on any atom is 0.408 e. The summed E-state index contributed by atoms with van der Waals surface area (Å²) in [6, 6.07) is 12.5. The summed E-state index contributed by atoms with van der Waals surface area (Å²) in [6.45, 7) is -0.134. The van der Waals surface area contributed by atoms with E-state index < -0.39 is 23.0 Å². The Morgan fingerprint density at radius 2 is 1.75 bits per heavy atom. The number of carbonyl (C=O) groups is 2. The fraction of sp³-hybridized carbons (Fsp3) is 0.125. The Labute approximate surface area is 136 Å². The van der Waals surface area contributed by atoms with Gasteiger partial charge in [-0.3, -0.25) is 10.1 Å². The van der Waals surface area contributed by atoms with Crippen LogP contribution in [0.15, 0.2) is 54.6 Å². The summed E-state index contributed by atoms with van der Waals surface area (Å²) in [6.07, 6.45) is -0.899. The smallest absolute Gasteiger partial charge is 0.408 e. The first-order chi connectivity index (χ1) is 11.5. The van der Waals surface area contributed by atoms with Crippen molar-refractivity contribution in [3.8, 4) is 0 Å². The summed E-state index contributed by atoms with van der Waals surface area (Å²) in [5, 5.41) is 22.0. The third-order valence-electron chi connectivity index (χ3n) is 3.16. The van der Waals surface area contributed by atoms with Crippen LogP contribution < -0.4 is 5.32 Å². The van der Waals surface area contributed by atoms with E-state index in [1.54, 1.807) is 30.3 Å². The molecule has 2 aromatic carbocycles. The molecule has 0 saturated heterocycles. The molecule has 0 aliphatic carbocycles. The van der Waals surface area contributed by atoms with Crippen LogP contribution in [0.25, 0.3) is 0 Å². The number of amides is 1. The Hall–Kier alpha value is -3.42. The van der Waals surface area contributed by atoms with Gasteiger partial charge in [-0.1, -0.05) is 30.3 Å². The van der Waals surface area contributed by atoms with Crippen molar-refractivity contribution >= 4 is 17.7 Å². The van der Waals surface area contributed by atoms with Crippen LogP contribution in [-0.4, -0.2) is 22.1 Å². The molecule has 8 heteroatoms. The summed E-state index contributed by atoms with van der Waals surface area (Å²) in [5.41, 5.74) is 0.887. The van der Waals surface area contributed by atoms with Gasteiger partial charge in [-0.25, -0.2) is 9.59 Å². The highest BCUT2D eigenvalue weighted by molar-refractivity contribution is 5.81. The maximum absolute atomic E-state index is 11.8. The summed E-state index contributed by atoms with van der Waals surface area (Å²) in [4.78, 5) is 33.1. The van der Waals surface area contributed by atoms with Crippen molar-refractivity contribution in [2.45, 2.75) is 12.6 Å². The second kappa shape index (κ2) is 7.73. The van der Waals surface area contributed by atoms with Gasteiger partial charge < -0.3 is 15.2 Å². The molecule has 2 rings (SSSR count). The van der Waals surface area contributed by atoms with E-state index in [0.717, 1.165) is 0 Å². The number of nitro benzene ring substituents is 1. The number of non-ortho nitro benzene ring substituents is 1. The standard InChI is InChI=1S/C16H14N2O6/c19-15(20)14(12-4-2-1-3-5-12)17-16(21)24-10-11-6-8-13(9-7-11)18(22)23/h1-9,14H,10H2,(H,17,21)(H,19,20)/t14-/m0/s1. The zero-order valence-electron chi connectivity index (χ0n) is 12.4. The van der Waals surface area contributed by atoms with Gasteiger partial charge in [0.25, 0.3) is 5.69 Å². The SMILES string of the molecule is O=C(N[C@H](C(=O)O)c1ccccc1)OCc1ccc([N+](=O)[O-])cc1. The number of carbonyl (C=O) groups excluding carboxylic acids is 1. The number of benzene rings is 2. The van der Waals surface area contributed by atoms with Crippen LogP contribution in [0.5, 0.6) is 0 Å². The number of ether oxygens (including phenoxy) is 1. The van der Waals surface area contributed by atoms with Crippen LogP contribution in [-0.2, 0) is 16.1 Å². The van der Waals surface area contributed by atoms with Crippen molar-refractivity contribution in [3.05, 3.63) is 75.8 Å². The molecular formula is C16H14N2O6. The molecular weight excluding hydrogens is 316 g/mol. The Kier molecular flexibility index (Phi) is 5.45. The number of alkyl carbamates (subject to hydrolysis) is 1. The largest absolute Gasteiger partial charge is 0.479 e. The van der Waals surface area contributed by atoms with Crippen LogP contribution in [0.1, 0.15) is 17.2 Å². The number of hydrogen-bond acceptors (Lipinski definition) is 5. The summed E-state index contributed by atoms with van der Waals surface area (Å²) in [5.74, 6) is -1.21. The average Bonchev–Trinajstić information content (AvgIpc) is 2.58. The lowest BCUT2D eigenvalue weighted by molar-refractivity contribution is -0.384. The van der Waals surface area contributed by atoms with Gasteiger partial charge in [-0.2, -0.15) is 0 Å². The first-order valence-corrected chi connectivity index (χ1v) is 6.92. The van der Waals surface area contributed by atoms with Gasteiger partial charge >= 0.3 is 12.1 Å².